The Hall–Kier alpha value is -3.95. The molecule has 3 atom stereocenters. The SMILES string of the molecule is CCCCCC(=O)NC(Cc1ccc(OCOC(=O)c2ccccn2)cc1)C(=O)NC(C(N)=O)C(C)CC. The fraction of sp³-hybridized carbons (Fsp3) is 0.464. The number of ether oxygens (including phenoxy) is 2. The molecule has 10 nitrogen and oxygen atoms in total. The molecule has 10 heteroatoms. The molecule has 0 radical (unpaired) electrons. The summed E-state index contributed by atoms with van der Waals surface area (Å²) in [5.41, 5.74) is 6.46. The maximum Gasteiger partial charge on any atom is 0.359 e. The van der Waals surface area contributed by atoms with Crippen LogP contribution in [0.4, 0.5) is 0 Å². The minimum atomic E-state index is -0.888. The molecule has 2 aromatic rings. The number of esters is 1. The Kier molecular flexibility index (Phi) is 12.8. The van der Waals surface area contributed by atoms with Crippen molar-refractivity contribution in [1.82, 2.24) is 15.6 Å². The van der Waals surface area contributed by atoms with Crippen molar-refractivity contribution in [3.05, 3.63) is 59.9 Å². The third-order valence-electron chi connectivity index (χ3n) is 6.13. The first-order chi connectivity index (χ1) is 18.2. The van der Waals surface area contributed by atoms with E-state index in [1.54, 1.807) is 42.5 Å². The number of amides is 3. The van der Waals surface area contributed by atoms with Gasteiger partial charge in [0.1, 0.15) is 23.5 Å². The average Bonchev–Trinajstić information content (AvgIpc) is 2.92. The van der Waals surface area contributed by atoms with Crippen LogP contribution in [0, 0.1) is 5.92 Å². The molecule has 0 fully saturated rings. The summed E-state index contributed by atoms with van der Waals surface area (Å²) in [4.78, 5) is 53.5. The first-order valence-corrected chi connectivity index (χ1v) is 12.9. The lowest BCUT2D eigenvalue weighted by Crippen LogP contribution is -2.55. The van der Waals surface area contributed by atoms with Gasteiger partial charge in [-0.05, 0) is 42.2 Å². The number of pyridine rings is 1. The molecule has 0 bridgehead atoms. The van der Waals surface area contributed by atoms with Crippen molar-refractivity contribution < 1.29 is 28.7 Å². The quantitative estimate of drug-likeness (QED) is 0.173. The van der Waals surface area contributed by atoms with Crippen LogP contribution in [0.15, 0.2) is 48.7 Å². The number of primary amides is 1. The Labute approximate surface area is 223 Å². The molecule has 0 aliphatic rings. The predicted molar refractivity (Wildman–Crippen MR) is 142 cm³/mol. The van der Waals surface area contributed by atoms with E-state index in [-0.39, 0.29) is 30.7 Å². The number of unbranched alkanes of at least 4 members (excludes halogenated alkanes) is 2. The number of hydrogen-bond donors (Lipinski definition) is 3. The topological polar surface area (TPSA) is 150 Å². The Morgan fingerprint density at radius 1 is 1.00 bits per heavy atom. The van der Waals surface area contributed by atoms with E-state index in [1.807, 2.05) is 20.8 Å². The number of carbonyl (C=O) groups excluding carboxylic acids is 4. The molecule has 2 rings (SSSR count). The smallest absolute Gasteiger partial charge is 0.359 e. The van der Waals surface area contributed by atoms with Crippen LogP contribution in [0.25, 0.3) is 0 Å². The van der Waals surface area contributed by atoms with E-state index in [0.29, 0.717) is 18.6 Å². The van der Waals surface area contributed by atoms with Crippen LogP contribution < -0.4 is 21.1 Å². The van der Waals surface area contributed by atoms with Crippen molar-refractivity contribution >= 4 is 23.7 Å². The second-order valence-corrected chi connectivity index (χ2v) is 9.11. The van der Waals surface area contributed by atoms with E-state index in [2.05, 4.69) is 15.6 Å². The molecular formula is C28H38N4O6. The highest BCUT2D eigenvalue weighted by Gasteiger charge is 2.28. The summed E-state index contributed by atoms with van der Waals surface area (Å²) < 4.78 is 10.5. The minimum Gasteiger partial charge on any atom is -0.457 e. The van der Waals surface area contributed by atoms with Gasteiger partial charge >= 0.3 is 5.97 Å². The maximum atomic E-state index is 13.1. The van der Waals surface area contributed by atoms with Crippen LogP contribution in [-0.2, 0) is 25.5 Å². The fourth-order valence-corrected chi connectivity index (χ4v) is 3.66. The number of aromatic nitrogens is 1. The van der Waals surface area contributed by atoms with E-state index in [9.17, 15) is 19.2 Å². The Balaban J connectivity index is 2.02. The van der Waals surface area contributed by atoms with Gasteiger partial charge in [0.25, 0.3) is 0 Å². The van der Waals surface area contributed by atoms with Crippen LogP contribution in [0.1, 0.15) is 68.9 Å². The van der Waals surface area contributed by atoms with Crippen LogP contribution in [0.5, 0.6) is 5.75 Å². The third kappa shape index (κ3) is 10.2. The summed E-state index contributed by atoms with van der Waals surface area (Å²) in [6.45, 7) is 5.49. The molecule has 3 unspecified atom stereocenters. The minimum absolute atomic E-state index is 0.152. The molecule has 1 aromatic carbocycles. The molecule has 1 heterocycles. The van der Waals surface area contributed by atoms with Crippen molar-refractivity contribution in [3.63, 3.8) is 0 Å². The van der Waals surface area contributed by atoms with Crippen molar-refractivity contribution in [3.8, 4) is 5.75 Å². The second kappa shape index (κ2) is 16.0. The van der Waals surface area contributed by atoms with Gasteiger partial charge in [-0.2, -0.15) is 0 Å². The summed E-state index contributed by atoms with van der Waals surface area (Å²) in [5.74, 6) is -1.62. The number of nitrogens with zero attached hydrogens (tertiary/aromatic N) is 1. The van der Waals surface area contributed by atoms with Gasteiger partial charge in [-0.1, -0.05) is 58.2 Å². The summed E-state index contributed by atoms with van der Waals surface area (Å²) in [5, 5.41) is 5.52. The molecule has 4 N–H and O–H groups in total. The van der Waals surface area contributed by atoms with Crippen molar-refractivity contribution in [1.29, 1.82) is 0 Å². The van der Waals surface area contributed by atoms with Crippen molar-refractivity contribution in [2.45, 2.75) is 71.4 Å². The molecule has 0 aliphatic heterocycles. The van der Waals surface area contributed by atoms with Crippen LogP contribution >= 0.6 is 0 Å². The zero-order valence-corrected chi connectivity index (χ0v) is 22.3. The van der Waals surface area contributed by atoms with Gasteiger partial charge in [-0.15, -0.1) is 0 Å². The summed E-state index contributed by atoms with van der Waals surface area (Å²) in [6, 6.07) is 10.0. The molecule has 206 valence electrons. The fourth-order valence-electron chi connectivity index (χ4n) is 3.66. The standard InChI is InChI=1S/C28H38N4O6/c1-4-6-7-11-24(33)31-23(27(35)32-25(26(29)34)19(3)5-2)17-20-12-14-21(15-13-20)37-18-38-28(36)22-10-8-9-16-30-22/h8-10,12-16,19,23,25H,4-7,11,17-18H2,1-3H3,(H2,29,34)(H,31,33)(H,32,35). The number of benzene rings is 1. The number of carbonyl (C=O) groups is 4. The molecule has 0 saturated heterocycles. The van der Waals surface area contributed by atoms with E-state index in [0.717, 1.165) is 24.8 Å². The van der Waals surface area contributed by atoms with E-state index >= 15 is 0 Å². The Morgan fingerprint density at radius 3 is 2.34 bits per heavy atom. The van der Waals surface area contributed by atoms with Gasteiger partial charge in [0, 0.05) is 19.0 Å². The molecule has 3 amide bonds. The molecule has 0 saturated carbocycles. The van der Waals surface area contributed by atoms with Crippen molar-refractivity contribution in [2.75, 3.05) is 6.79 Å². The van der Waals surface area contributed by atoms with Crippen LogP contribution in [-0.4, -0.2) is 47.6 Å². The zero-order valence-electron chi connectivity index (χ0n) is 22.3. The number of nitrogens with two attached hydrogens (primary N) is 1. The first kappa shape index (κ1) is 30.3. The third-order valence-corrected chi connectivity index (χ3v) is 6.13. The molecular weight excluding hydrogens is 488 g/mol. The van der Waals surface area contributed by atoms with E-state index < -0.39 is 29.9 Å². The zero-order chi connectivity index (χ0) is 27.9. The van der Waals surface area contributed by atoms with Gasteiger partial charge in [-0.3, -0.25) is 14.4 Å². The van der Waals surface area contributed by atoms with Gasteiger partial charge in [-0.25, -0.2) is 9.78 Å². The second-order valence-electron chi connectivity index (χ2n) is 9.11. The van der Waals surface area contributed by atoms with Gasteiger partial charge in [0.2, 0.25) is 24.5 Å². The van der Waals surface area contributed by atoms with Gasteiger partial charge in [0.15, 0.2) is 0 Å². The Morgan fingerprint density at radius 2 is 1.74 bits per heavy atom. The molecule has 0 spiro atoms. The summed E-state index contributed by atoms with van der Waals surface area (Å²) in [6.07, 6.45) is 5.28. The molecule has 38 heavy (non-hydrogen) atoms. The highest BCUT2D eigenvalue weighted by molar-refractivity contribution is 5.92. The molecule has 1 aromatic heterocycles. The summed E-state index contributed by atoms with van der Waals surface area (Å²) in [7, 11) is 0. The Bertz CT molecular complexity index is 1050. The maximum absolute atomic E-state index is 13.1. The lowest BCUT2D eigenvalue weighted by molar-refractivity contribution is -0.132. The lowest BCUT2D eigenvalue weighted by Gasteiger charge is -2.25. The van der Waals surface area contributed by atoms with Gasteiger partial charge < -0.3 is 25.8 Å². The normalized spacial score (nSPS) is 13.0. The first-order valence-electron chi connectivity index (χ1n) is 12.9. The van der Waals surface area contributed by atoms with E-state index in [4.69, 9.17) is 15.2 Å². The monoisotopic (exact) mass is 526 g/mol. The number of rotatable bonds is 16. The highest BCUT2D eigenvalue weighted by Crippen LogP contribution is 2.15. The van der Waals surface area contributed by atoms with Crippen LogP contribution in [0.3, 0.4) is 0 Å². The number of nitrogens with one attached hydrogen (secondary N) is 2. The van der Waals surface area contributed by atoms with E-state index in [1.165, 1.54) is 6.20 Å². The largest absolute Gasteiger partial charge is 0.457 e. The molecule has 0 aliphatic carbocycles. The predicted octanol–water partition coefficient (Wildman–Crippen LogP) is 2.90. The summed E-state index contributed by atoms with van der Waals surface area (Å²) >= 11 is 0. The van der Waals surface area contributed by atoms with Gasteiger partial charge in [0.05, 0.1) is 0 Å². The average molecular weight is 527 g/mol. The lowest BCUT2D eigenvalue weighted by atomic mass is 9.97. The highest BCUT2D eigenvalue weighted by atomic mass is 16.7. The van der Waals surface area contributed by atoms with Crippen molar-refractivity contribution in [2.24, 2.45) is 11.7 Å². The van der Waals surface area contributed by atoms with Crippen LogP contribution in [0.2, 0.25) is 0 Å². The number of hydrogen-bond acceptors (Lipinski definition) is 7.